The molecule has 30 heavy (non-hydrogen) atoms. The van der Waals surface area contributed by atoms with Gasteiger partial charge in [-0.1, -0.05) is 24.3 Å². The lowest BCUT2D eigenvalue weighted by atomic mass is 9.95. The average molecular weight is 471 g/mol. The third-order valence-corrected chi connectivity index (χ3v) is 7.08. The lowest BCUT2D eigenvalue weighted by Crippen LogP contribution is -2.48. The van der Waals surface area contributed by atoms with E-state index < -0.39 is 0 Å². The van der Waals surface area contributed by atoms with Crippen molar-refractivity contribution in [2.24, 2.45) is 0 Å². The third kappa shape index (κ3) is 4.71. The van der Waals surface area contributed by atoms with Crippen molar-refractivity contribution in [2.45, 2.75) is 18.9 Å². The van der Waals surface area contributed by atoms with Gasteiger partial charge in [-0.25, -0.2) is 0 Å². The van der Waals surface area contributed by atoms with E-state index in [-0.39, 0.29) is 11.9 Å². The molecule has 2 aliphatic rings. The summed E-state index contributed by atoms with van der Waals surface area (Å²) in [5.41, 5.74) is 4.76. The van der Waals surface area contributed by atoms with E-state index in [0.717, 1.165) is 43.6 Å². The second-order valence-corrected chi connectivity index (χ2v) is 9.31. The second kappa shape index (κ2) is 9.50. The minimum atomic E-state index is -0.0284. The maximum absolute atomic E-state index is 12.8. The highest BCUT2D eigenvalue weighted by molar-refractivity contribution is 9.10. The van der Waals surface area contributed by atoms with Gasteiger partial charge in [-0.15, -0.1) is 0 Å². The molecule has 1 N–H and O–H groups in total. The summed E-state index contributed by atoms with van der Waals surface area (Å²) in [5, 5.41) is 3.20. The fourth-order valence-corrected chi connectivity index (χ4v) is 5.00. The summed E-state index contributed by atoms with van der Waals surface area (Å²) in [6, 6.07) is 14.7. The van der Waals surface area contributed by atoms with Gasteiger partial charge in [-0.05, 0) is 65.1 Å². The Kier molecular flexibility index (Phi) is 6.76. The normalized spacial score (nSPS) is 18.7. The number of anilines is 1. The van der Waals surface area contributed by atoms with Crippen LogP contribution in [0.5, 0.6) is 0 Å². The number of piperazine rings is 1. The van der Waals surface area contributed by atoms with Gasteiger partial charge in [-0.3, -0.25) is 9.69 Å². The molecule has 1 fully saturated rings. The van der Waals surface area contributed by atoms with E-state index in [2.05, 4.69) is 68.2 Å². The molecule has 2 aliphatic heterocycles. The van der Waals surface area contributed by atoms with E-state index in [1.165, 1.54) is 23.2 Å². The molecule has 0 bridgehead atoms. The number of amides is 1. The number of hydrogen-bond donors (Lipinski definition) is 1. The molecule has 0 saturated carbocycles. The maximum Gasteiger partial charge on any atom is 0.252 e. The zero-order valence-corrected chi connectivity index (χ0v) is 19.5. The number of benzene rings is 2. The van der Waals surface area contributed by atoms with Crippen molar-refractivity contribution in [3.8, 4) is 0 Å². The Morgan fingerprint density at radius 2 is 1.83 bits per heavy atom. The van der Waals surface area contributed by atoms with Crippen molar-refractivity contribution in [1.29, 1.82) is 0 Å². The first-order valence-corrected chi connectivity index (χ1v) is 11.6. The summed E-state index contributed by atoms with van der Waals surface area (Å²) >= 11 is 3.50. The number of nitrogens with zero attached hydrogens (tertiary/aromatic N) is 3. The molecule has 0 radical (unpaired) electrons. The van der Waals surface area contributed by atoms with E-state index in [9.17, 15) is 4.79 Å². The van der Waals surface area contributed by atoms with Crippen molar-refractivity contribution >= 4 is 27.5 Å². The lowest BCUT2D eigenvalue weighted by Gasteiger charge is -2.39. The Morgan fingerprint density at radius 3 is 2.60 bits per heavy atom. The summed E-state index contributed by atoms with van der Waals surface area (Å²) in [7, 11) is 4.35. The summed E-state index contributed by atoms with van der Waals surface area (Å²) in [6.07, 6.45) is 2.33. The predicted octanol–water partition coefficient (Wildman–Crippen LogP) is 3.55. The average Bonchev–Trinajstić information content (AvgIpc) is 2.75. The van der Waals surface area contributed by atoms with Gasteiger partial charge in [0.2, 0.25) is 0 Å². The van der Waals surface area contributed by atoms with Gasteiger partial charge in [0, 0.05) is 56.5 Å². The standard InChI is InChI=1S/C24H31BrN4O/c1-27-12-14-29(15-13-27)23(17-26-24(30)20-7-3-4-8-21(20)25)19-9-10-22-18(16-19)6-5-11-28(22)2/h3-4,7-10,16,23H,5-6,11-15,17H2,1-2H3,(H,26,30)/t23-/m0/s1. The largest absolute Gasteiger partial charge is 0.374 e. The second-order valence-electron chi connectivity index (χ2n) is 8.46. The molecule has 1 saturated heterocycles. The smallest absolute Gasteiger partial charge is 0.252 e. The highest BCUT2D eigenvalue weighted by Gasteiger charge is 2.26. The molecule has 2 aromatic carbocycles. The molecule has 5 nitrogen and oxygen atoms in total. The number of rotatable bonds is 5. The summed E-state index contributed by atoms with van der Waals surface area (Å²) in [5.74, 6) is -0.0284. The van der Waals surface area contributed by atoms with Crippen LogP contribution in [0.2, 0.25) is 0 Å². The molecule has 160 valence electrons. The lowest BCUT2D eigenvalue weighted by molar-refractivity contribution is 0.0885. The summed E-state index contributed by atoms with van der Waals surface area (Å²) in [4.78, 5) is 20.1. The maximum atomic E-state index is 12.8. The van der Waals surface area contributed by atoms with E-state index in [1.807, 2.05) is 24.3 Å². The van der Waals surface area contributed by atoms with Gasteiger partial charge >= 0.3 is 0 Å². The van der Waals surface area contributed by atoms with Crippen LogP contribution in [0.25, 0.3) is 0 Å². The van der Waals surface area contributed by atoms with Crippen LogP contribution in [0.1, 0.15) is 33.9 Å². The zero-order chi connectivity index (χ0) is 21.1. The molecule has 6 heteroatoms. The van der Waals surface area contributed by atoms with E-state index >= 15 is 0 Å². The highest BCUT2D eigenvalue weighted by atomic mass is 79.9. The minimum Gasteiger partial charge on any atom is -0.374 e. The number of nitrogens with one attached hydrogen (secondary N) is 1. The van der Waals surface area contributed by atoms with Gasteiger partial charge in [-0.2, -0.15) is 0 Å². The van der Waals surface area contributed by atoms with Crippen molar-refractivity contribution in [3.63, 3.8) is 0 Å². The molecular weight excluding hydrogens is 440 g/mol. The molecule has 1 amide bonds. The number of fused-ring (bicyclic) bond motifs is 1. The zero-order valence-electron chi connectivity index (χ0n) is 17.9. The number of carbonyl (C=O) groups is 1. The number of hydrogen-bond acceptors (Lipinski definition) is 4. The Bertz CT molecular complexity index is 895. The fourth-order valence-electron chi connectivity index (χ4n) is 4.53. The third-order valence-electron chi connectivity index (χ3n) is 6.39. The summed E-state index contributed by atoms with van der Waals surface area (Å²) in [6.45, 7) is 5.88. The number of halogens is 1. The first kappa shape index (κ1) is 21.3. The van der Waals surface area contributed by atoms with Gasteiger partial charge in [0.1, 0.15) is 0 Å². The Balaban J connectivity index is 1.56. The molecule has 0 aliphatic carbocycles. The van der Waals surface area contributed by atoms with Gasteiger partial charge in [0.15, 0.2) is 0 Å². The highest BCUT2D eigenvalue weighted by Crippen LogP contribution is 2.31. The fraction of sp³-hybridized carbons (Fsp3) is 0.458. The molecule has 0 spiro atoms. The number of aryl methyl sites for hydroxylation is 1. The van der Waals surface area contributed by atoms with Crippen LogP contribution in [0.4, 0.5) is 5.69 Å². The Labute approximate surface area is 188 Å². The van der Waals surface area contributed by atoms with Crippen LogP contribution >= 0.6 is 15.9 Å². The summed E-state index contributed by atoms with van der Waals surface area (Å²) < 4.78 is 0.829. The number of carbonyl (C=O) groups excluding carboxylic acids is 1. The Hall–Kier alpha value is -1.89. The van der Waals surface area contributed by atoms with Crippen LogP contribution in [0.15, 0.2) is 46.9 Å². The van der Waals surface area contributed by atoms with Crippen molar-refractivity contribution in [3.05, 3.63) is 63.6 Å². The monoisotopic (exact) mass is 470 g/mol. The van der Waals surface area contributed by atoms with Crippen molar-refractivity contribution in [1.82, 2.24) is 15.1 Å². The molecule has 2 heterocycles. The van der Waals surface area contributed by atoms with E-state index in [0.29, 0.717) is 12.1 Å². The van der Waals surface area contributed by atoms with E-state index in [4.69, 9.17) is 0 Å². The van der Waals surface area contributed by atoms with E-state index in [1.54, 1.807) is 0 Å². The van der Waals surface area contributed by atoms with Gasteiger partial charge < -0.3 is 15.1 Å². The van der Waals surface area contributed by atoms with Crippen LogP contribution in [0, 0.1) is 0 Å². The van der Waals surface area contributed by atoms with Crippen LogP contribution in [-0.2, 0) is 6.42 Å². The molecule has 4 rings (SSSR count). The Morgan fingerprint density at radius 1 is 1.07 bits per heavy atom. The molecule has 2 aromatic rings. The first-order valence-electron chi connectivity index (χ1n) is 10.8. The number of likely N-dealkylation sites (N-methyl/N-ethyl adjacent to an activating group) is 1. The predicted molar refractivity (Wildman–Crippen MR) is 126 cm³/mol. The quantitative estimate of drug-likeness (QED) is 0.724. The topological polar surface area (TPSA) is 38.8 Å². The molecular formula is C24H31BrN4O. The van der Waals surface area contributed by atoms with Crippen molar-refractivity contribution < 1.29 is 4.79 Å². The molecule has 0 unspecified atom stereocenters. The van der Waals surface area contributed by atoms with Gasteiger partial charge in [0.05, 0.1) is 11.6 Å². The van der Waals surface area contributed by atoms with Crippen LogP contribution < -0.4 is 10.2 Å². The van der Waals surface area contributed by atoms with Crippen LogP contribution in [-0.4, -0.2) is 69.1 Å². The van der Waals surface area contributed by atoms with Gasteiger partial charge in [0.25, 0.3) is 5.91 Å². The first-order chi connectivity index (χ1) is 14.5. The van der Waals surface area contributed by atoms with Crippen molar-refractivity contribution in [2.75, 3.05) is 58.3 Å². The molecule has 1 atom stereocenters. The SMILES string of the molecule is CN1CCN([C@@H](CNC(=O)c2ccccc2Br)c2ccc3c(c2)CCCN3C)CC1. The molecule has 0 aromatic heterocycles. The minimum absolute atomic E-state index is 0.0284. The van der Waals surface area contributed by atoms with Crippen LogP contribution in [0.3, 0.4) is 0 Å².